The average Bonchev–Trinajstić information content (AvgIpc) is 2.22. The standard InChI is InChI=1S/C12H15BrO2/c1-9-5-6-12(15)10(8-9)11(14)4-2-3-7-13/h5-6,8,15H,2-4,7H2,1H3. The van der Waals surface area contributed by atoms with Crippen molar-refractivity contribution in [1.82, 2.24) is 0 Å². The second-order valence-electron chi connectivity index (χ2n) is 3.59. The number of phenolic OH excluding ortho intramolecular Hbond substituents is 1. The Labute approximate surface area is 98.4 Å². The highest BCUT2D eigenvalue weighted by atomic mass is 79.9. The molecule has 0 unspecified atom stereocenters. The molecule has 1 rings (SSSR count). The van der Waals surface area contributed by atoms with Crippen molar-refractivity contribution < 1.29 is 9.90 Å². The molecule has 3 heteroatoms. The van der Waals surface area contributed by atoms with Crippen molar-refractivity contribution in [3.05, 3.63) is 29.3 Å². The number of ketones is 1. The van der Waals surface area contributed by atoms with Crippen molar-refractivity contribution in [3.8, 4) is 5.75 Å². The van der Waals surface area contributed by atoms with Gasteiger partial charge < -0.3 is 5.11 Å². The summed E-state index contributed by atoms with van der Waals surface area (Å²) >= 11 is 3.32. The van der Waals surface area contributed by atoms with Gasteiger partial charge in [0.2, 0.25) is 0 Å². The summed E-state index contributed by atoms with van der Waals surface area (Å²) in [6, 6.07) is 5.11. The fraction of sp³-hybridized carbons (Fsp3) is 0.417. The molecule has 0 radical (unpaired) electrons. The third kappa shape index (κ3) is 3.67. The van der Waals surface area contributed by atoms with Crippen molar-refractivity contribution in [2.24, 2.45) is 0 Å². The zero-order valence-electron chi connectivity index (χ0n) is 8.79. The molecule has 0 heterocycles. The molecule has 0 atom stereocenters. The Kier molecular flexibility index (Phi) is 4.82. The lowest BCUT2D eigenvalue weighted by Crippen LogP contribution is -2.00. The van der Waals surface area contributed by atoms with Gasteiger partial charge >= 0.3 is 0 Å². The molecule has 0 spiro atoms. The number of phenols is 1. The van der Waals surface area contributed by atoms with E-state index < -0.39 is 0 Å². The highest BCUT2D eigenvalue weighted by Gasteiger charge is 2.10. The molecule has 0 aliphatic rings. The molecule has 1 N–H and O–H groups in total. The number of rotatable bonds is 5. The van der Waals surface area contributed by atoms with Crippen LogP contribution in [0.15, 0.2) is 18.2 Å². The molecule has 0 saturated heterocycles. The lowest BCUT2D eigenvalue weighted by Gasteiger charge is -2.04. The smallest absolute Gasteiger partial charge is 0.166 e. The van der Waals surface area contributed by atoms with Crippen LogP contribution in [0.5, 0.6) is 5.75 Å². The number of aromatic hydroxyl groups is 1. The molecule has 0 fully saturated rings. The molecule has 15 heavy (non-hydrogen) atoms. The first-order valence-corrected chi connectivity index (χ1v) is 6.16. The van der Waals surface area contributed by atoms with Gasteiger partial charge in [-0.15, -0.1) is 0 Å². The maximum atomic E-state index is 11.7. The summed E-state index contributed by atoms with van der Waals surface area (Å²) < 4.78 is 0. The summed E-state index contributed by atoms with van der Waals surface area (Å²) in [7, 11) is 0. The molecule has 0 amide bonds. The average molecular weight is 271 g/mol. The van der Waals surface area contributed by atoms with E-state index in [4.69, 9.17) is 0 Å². The van der Waals surface area contributed by atoms with Crippen LogP contribution >= 0.6 is 15.9 Å². The Morgan fingerprint density at radius 1 is 1.40 bits per heavy atom. The Bertz CT molecular complexity index is 347. The van der Waals surface area contributed by atoms with Crippen LogP contribution in [-0.2, 0) is 0 Å². The van der Waals surface area contributed by atoms with E-state index in [1.54, 1.807) is 18.2 Å². The van der Waals surface area contributed by atoms with Crippen molar-refractivity contribution in [1.29, 1.82) is 0 Å². The minimum absolute atomic E-state index is 0.0251. The first kappa shape index (κ1) is 12.2. The highest BCUT2D eigenvalue weighted by Crippen LogP contribution is 2.20. The van der Waals surface area contributed by atoms with Gasteiger partial charge in [-0.3, -0.25) is 4.79 Å². The van der Waals surface area contributed by atoms with Crippen LogP contribution in [-0.4, -0.2) is 16.2 Å². The fourth-order valence-electron chi connectivity index (χ4n) is 1.39. The summed E-state index contributed by atoms with van der Waals surface area (Å²) in [5.74, 6) is 0.113. The number of carbonyl (C=O) groups excluding carboxylic acids is 1. The summed E-state index contributed by atoms with van der Waals surface area (Å²) in [6.07, 6.45) is 2.35. The first-order chi connectivity index (χ1) is 7.15. The predicted molar refractivity (Wildman–Crippen MR) is 64.8 cm³/mol. The second kappa shape index (κ2) is 5.91. The highest BCUT2D eigenvalue weighted by molar-refractivity contribution is 9.09. The molecular weight excluding hydrogens is 256 g/mol. The van der Waals surface area contributed by atoms with Crippen LogP contribution in [0.2, 0.25) is 0 Å². The number of carbonyl (C=O) groups is 1. The van der Waals surface area contributed by atoms with E-state index in [0.717, 1.165) is 23.7 Å². The number of aryl methyl sites for hydroxylation is 1. The van der Waals surface area contributed by atoms with Gasteiger partial charge in [0.05, 0.1) is 5.56 Å². The molecule has 82 valence electrons. The minimum atomic E-state index is 0.0251. The molecule has 0 aliphatic heterocycles. The van der Waals surface area contributed by atoms with E-state index in [9.17, 15) is 9.90 Å². The van der Waals surface area contributed by atoms with E-state index >= 15 is 0 Å². The SMILES string of the molecule is Cc1ccc(O)c(C(=O)CCCCBr)c1. The van der Waals surface area contributed by atoms with Crippen LogP contribution in [0.25, 0.3) is 0 Å². The largest absolute Gasteiger partial charge is 0.507 e. The maximum Gasteiger partial charge on any atom is 0.166 e. The van der Waals surface area contributed by atoms with Crippen LogP contribution in [0.4, 0.5) is 0 Å². The second-order valence-corrected chi connectivity index (χ2v) is 4.38. The maximum absolute atomic E-state index is 11.7. The summed E-state index contributed by atoms with van der Waals surface area (Å²) in [4.78, 5) is 11.7. The van der Waals surface area contributed by atoms with Gasteiger partial charge in [-0.2, -0.15) is 0 Å². The van der Waals surface area contributed by atoms with E-state index in [0.29, 0.717) is 12.0 Å². The number of Topliss-reactive ketones (excluding diaryl/α,β-unsaturated/α-hetero) is 1. The van der Waals surface area contributed by atoms with E-state index in [2.05, 4.69) is 15.9 Å². The fourth-order valence-corrected chi connectivity index (χ4v) is 1.78. The van der Waals surface area contributed by atoms with Gasteiger partial charge in [-0.05, 0) is 31.9 Å². The van der Waals surface area contributed by atoms with Gasteiger partial charge in [0.25, 0.3) is 0 Å². The van der Waals surface area contributed by atoms with Crippen molar-refractivity contribution in [2.75, 3.05) is 5.33 Å². The van der Waals surface area contributed by atoms with Gasteiger partial charge in [-0.1, -0.05) is 27.6 Å². The number of alkyl halides is 1. The van der Waals surface area contributed by atoms with Crippen LogP contribution < -0.4 is 0 Å². The number of benzene rings is 1. The topological polar surface area (TPSA) is 37.3 Å². The van der Waals surface area contributed by atoms with Crippen LogP contribution in [0, 0.1) is 6.92 Å². The molecule has 0 bridgehead atoms. The molecule has 0 saturated carbocycles. The Balaban J connectivity index is 2.68. The zero-order valence-corrected chi connectivity index (χ0v) is 10.4. The van der Waals surface area contributed by atoms with Gasteiger partial charge in [0, 0.05) is 11.8 Å². The van der Waals surface area contributed by atoms with Crippen LogP contribution in [0.1, 0.15) is 35.2 Å². The third-order valence-corrected chi connectivity index (χ3v) is 2.80. The molecule has 1 aromatic carbocycles. The first-order valence-electron chi connectivity index (χ1n) is 5.04. The molecular formula is C12H15BrO2. The lowest BCUT2D eigenvalue weighted by molar-refractivity contribution is 0.0977. The molecule has 0 aliphatic carbocycles. The normalized spacial score (nSPS) is 10.3. The number of halogens is 1. The molecule has 2 nitrogen and oxygen atoms in total. The Morgan fingerprint density at radius 3 is 2.80 bits per heavy atom. The quantitative estimate of drug-likeness (QED) is 0.506. The summed E-state index contributed by atoms with van der Waals surface area (Å²) in [5.41, 5.74) is 1.45. The summed E-state index contributed by atoms with van der Waals surface area (Å²) in [5, 5.41) is 10.4. The Hall–Kier alpha value is -0.830. The predicted octanol–water partition coefficient (Wildman–Crippen LogP) is 3.45. The lowest BCUT2D eigenvalue weighted by atomic mass is 10.0. The number of unbranched alkanes of at least 4 members (excludes halogenated alkanes) is 1. The van der Waals surface area contributed by atoms with Crippen molar-refractivity contribution >= 4 is 21.7 Å². The molecule has 1 aromatic rings. The third-order valence-electron chi connectivity index (χ3n) is 2.24. The van der Waals surface area contributed by atoms with E-state index in [1.165, 1.54) is 0 Å². The van der Waals surface area contributed by atoms with Crippen molar-refractivity contribution in [2.45, 2.75) is 26.2 Å². The van der Waals surface area contributed by atoms with Gasteiger partial charge in [0.1, 0.15) is 5.75 Å². The Morgan fingerprint density at radius 2 is 2.13 bits per heavy atom. The van der Waals surface area contributed by atoms with Gasteiger partial charge in [0.15, 0.2) is 5.78 Å². The zero-order chi connectivity index (χ0) is 11.3. The van der Waals surface area contributed by atoms with Crippen molar-refractivity contribution in [3.63, 3.8) is 0 Å². The summed E-state index contributed by atoms with van der Waals surface area (Å²) in [6.45, 7) is 1.91. The molecule has 0 aromatic heterocycles. The van der Waals surface area contributed by atoms with E-state index in [1.807, 2.05) is 6.92 Å². The van der Waals surface area contributed by atoms with Gasteiger partial charge in [-0.25, -0.2) is 0 Å². The van der Waals surface area contributed by atoms with E-state index in [-0.39, 0.29) is 11.5 Å². The van der Waals surface area contributed by atoms with Crippen LogP contribution in [0.3, 0.4) is 0 Å². The minimum Gasteiger partial charge on any atom is -0.507 e. The monoisotopic (exact) mass is 270 g/mol. The number of hydrogen-bond donors (Lipinski definition) is 1. The number of hydrogen-bond acceptors (Lipinski definition) is 2.